The topological polar surface area (TPSA) is 0 Å². The van der Waals surface area contributed by atoms with Gasteiger partial charge in [0.15, 0.2) is 0 Å². The van der Waals surface area contributed by atoms with Crippen LogP contribution in [0, 0.1) is 0 Å². The second kappa shape index (κ2) is 24.3. The van der Waals surface area contributed by atoms with Crippen LogP contribution in [0.15, 0.2) is 114 Å². The molecule has 0 atom stereocenters. The number of rotatable bonds is 7. The van der Waals surface area contributed by atoms with Gasteiger partial charge in [0.2, 0.25) is 0 Å². The molecule has 56 heavy (non-hydrogen) atoms. The Balaban J connectivity index is 0.797. The van der Waals surface area contributed by atoms with E-state index in [1.165, 1.54) is 77.6 Å². The maximum atomic E-state index is 4.51. The zero-order valence-corrected chi connectivity index (χ0v) is 48.3. The quantitative estimate of drug-likeness (QED) is 0.232. The molecule has 0 saturated heterocycles. The third-order valence-corrected chi connectivity index (χ3v) is 37.7. The van der Waals surface area contributed by atoms with E-state index in [9.17, 15) is 0 Å². The van der Waals surface area contributed by atoms with Gasteiger partial charge in [0.05, 0.1) is 63.6 Å². The Kier molecular flexibility index (Phi) is 20.8. The molecule has 0 bridgehead atoms. The van der Waals surface area contributed by atoms with Crippen LogP contribution < -0.4 is 0 Å². The number of allylic oxidation sites excluding steroid dienone is 6. The van der Waals surface area contributed by atoms with Crippen LogP contribution in [0.4, 0.5) is 0 Å². The Labute approximate surface area is 435 Å². The maximum Gasteiger partial charge on any atom is 0.0668 e. The summed E-state index contributed by atoms with van der Waals surface area (Å²) in [5.41, 5.74) is 0. The average molecular weight is 1180 g/mol. The van der Waals surface area contributed by atoms with E-state index in [0.717, 1.165) is 31.8 Å². The lowest BCUT2D eigenvalue weighted by Gasteiger charge is -2.09. The lowest BCUT2D eigenvalue weighted by molar-refractivity contribution is 1.61. The van der Waals surface area contributed by atoms with E-state index in [2.05, 4.69) is 74.2 Å². The predicted molar refractivity (Wildman–Crippen MR) is 317 cm³/mol. The summed E-state index contributed by atoms with van der Waals surface area (Å²) in [4.78, 5) is 2.69. The molecule has 0 aromatic carbocycles. The highest BCUT2D eigenvalue weighted by Gasteiger charge is 2.30. The molecule has 0 fully saturated rings. The minimum absolute atomic E-state index is 0.787. The number of thiol groups is 2. The summed E-state index contributed by atoms with van der Waals surface area (Å²) in [5, 5.41) is 4.19. The molecule has 8 aliphatic heterocycles. The molecule has 0 aromatic heterocycles. The summed E-state index contributed by atoms with van der Waals surface area (Å²) in [5.74, 6) is 1.57. The van der Waals surface area contributed by atoms with Crippen molar-refractivity contribution in [3.8, 4) is 0 Å². The smallest absolute Gasteiger partial charge is 0.0668 e. The first-order chi connectivity index (χ1) is 27.5. The van der Waals surface area contributed by atoms with Gasteiger partial charge in [0.25, 0.3) is 0 Å². The van der Waals surface area contributed by atoms with Crippen molar-refractivity contribution >= 4 is 284 Å². The van der Waals surface area contributed by atoms with Crippen molar-refractivity contribution in [1.29, 1.82) is 0 Å². The molecule has 0 nitrogen and oxygen atoms in total. The van der Waals surface area contributed by atoms with E-state index < -0.39 is 0 Å². The third-order valence-electron chi connectivity index (χ3n) is 6.77. The fraction of sp³-hybridized carbons (Fsp3) is 0.250. The largest absolute Gasteiger partial charge is 0.174 e. The number of hydrogen-bond acceptors (Lipinski definition) is 24. The molecule has 8 heterocycles. The molecule has 0 amide bonds. The van der Waals surface area contributed by atoms with Crippen LogP contribution in [0.2, 0.25) is 0 Å². The Bertz CT molecular complexity index is 1750. The van der Waals surface area contributed by atoms with Gasteiger partial charge >= 0.3 is 0 Å². The van der Waals surface area contributed by atoms with Gasteiger partial charge in [0.1, 0.15) is 0 Å². The summed E-state index contributed by atoms with van der Waals surface area (Å²) in [6, 6.07) is 0. The highest BCUT2D eigenvalue weighted by molar-refractivity contribution is 8.48. The summed E-state index contributed by atoms with van der Waals surface area (Å²) < 4.78 is 22.9. The van der Waals surface area contributed by atoms with Crippen LogP contribution in [0.3, 0.4) is 0 Å². The molecule has 0 aliphatic carbocycles. The summed E-state index contributed by atoms with van der Waals surface area (Å²) >= 11 is 52.1. The van der Waals surface area contributed by atoms with Gasteiger partial charge in [-0.25, -0.2) is 0 Å². The van der Waals surface area contributed by atoms with Crippen molar-refractivity contribution < 1.29 is 0 Å². The van der Waals surface area contributed by atoms with Crippen LogP contribution in [-0.4, -0.2) is 44.4 Å². The molecule has 0 saturated carbocycles. The summed E-state index contributed by atoms with van der Waals surface area (Å²) in [6.07, 6.45) is 18.4. The normalized spacial score (nSPS) is 23.8. The Hall–Kier alpha value is 5.28. The molecule has 8 rings (SSSR count). The van der Waals surface area contributed by atoms with Crippen molar-refractivity contribution in [2.45, 2.75) is 0 Å². The molecule has 0 unspecified atom stereocenters. The van der Waals surface area contributed by atoms with Crippen molar-refractivity contribution in [1.82, 2.24) is 0 Å². The lowest BCUT2D eigenvalue weighted by Crippen LogP contribution is -1.80. The highest BCUT2D eigenvalue weighted by Crippen LogP contribution is 2.66. The fourth-order valence-electron chi connectivity index (χ4n) is 4.37. The second-order valence-electron chi connectivity index (χ2n) is 10.2. The van der Waals surface area contributed by atoms with Crippen LogP contribution in [0.5, 0.6) is 0 Å². The third kappa shape index (κ3) is 13.0. The standard InChI is InChI=1S/C32H26S24/c1-35-23-24(36-2)48-18(47-23)5-6-20-51-27-28(52-20)40-14-44-32-31(43-13-39-27)55-22(56-32)8-7-21-53-29-30(54-21)42-12-38-26-25(37-11-41-29)49-19(50-26)4-3-17-45-15(9-33)16(10-34)46-17/h3-8,33-34H,9-14H2,1-2H3. The molecule has 0 N–H and O–H groups in total. The average Bonchev–Trinajstić information content (AvgIpc) is 4.07. The molecule has 0 aromatic rings. The first kappa shape index (κ1) is 47.8. The van der Waals surface area contributed by atoms with E-state index in [1.54, 1.807) is 0 Å². The molecule has 0 radical (unpaired) electrons. The summed E-state index contributed by atoms with van der Waals surface area (Å²) in [7, 11) is 0. The molecular formula is C32H26S24. The Morgan fingerprint density at radius 1 is 0.357 bits per heavy atom. The van der Waals surface area contributed by atoms with Crippen molar-refractivity contribution in [2.75, 3.05) is 44.4 Å². The molecule has 8 aliphatic rings. The van der Waals surface area contributed by atoms with Crippen LogP contribution in [-0.2, 0) is 0 Å². The van der Waals surface area contributed by atoms with Gasteiger partial charge < -0.3 is 0 Å². The molecule has 24 heteroatoms. The van der Waals surface area contributed by atoms with Gasteiger partial charge in [-0.15, -0.1) is 118 Å². The minimum Gasteiger partial charge on any atom is -0.174 e. The monoisotopic (exact) mass is 1180 g/mol. The second-order valence-corrected chi connectivity index (χ2v) is 38.8. The molecule has 0 spiro atoms. The molecule has 298 valence electrons. The van der Waals surface area contributed by atoms with Crippen LogP contribution in [0.1, 0.15) is 0 Å². The van der Waals surface area contributed by atoms with Crippen molar-refractivity contribution in [2.24, 2.45) is 0 Å². The van der Waals surface area contributed by atoms with E-state index in [0.29, 0.717) is 0 Å². The van der Waals surface area contributed by atoms with E-state index in [-0.39, 0.29) is 0 Å². The zero-order chi connectivity index (χ0) is 38.4. The fourth-order valence-corrected chi connectivity index (χ4v) is 37.3. The van der Waals surface area contributed by atoms with Crippen LogP contribution >= 0.6 is 284 Å². The van der Waals surface area contributed by atoms with Gasteiger partial charge in [-0.1, -0.05) is 141 Å². The Morgan fingerprint density at radius 3 is 0.786 bits per heavy atom. The van der Waals surface area contributed by atoms with Gasteiger partial charge in [-0.2, -0.15) is 25.3 Å². The van der Waals surface area contributed by atoms with Crippen LogP contribution in [0.25, 0.3) is 0 Å². The maximum absolute atomic E-state index is 4.51. The highest BCUT2D eigenvalue weighted by atomic mass is 32.3. The van der Waals surface area contributed by atoms with Gasteiger partial charge in [-0.05, 0) is 49.0 Å². The first-order valence-electron chi connectivity index (χ1n) is 15.6. The van der Waals surface area contributed by atoms with Gasteiger partial charge in [0, 0.05) is 45.9 Å². The number of thioether (sulfide) groups is 22. The summed E-state index contributed by atoms with van der Waals surface area (Å²) in [6.45, 7) is 0. The van der Waals surface area contributed by atoms with E-state index >= 15 is 0 Å². The van der Waals surface area contributed by atoms with Crippen molar-refractivity contribution in [3.05, 3.63) is 114 Å². The Morgan fingerprint density at radius 2 is 0.571 bits per heavy atom. The predicted octanol–water partition coefficient (Wildman–Crippen LogP) is 20.1. The first-order valence-corrected chi connectivity index (χ1v) is 37.0. The minimum atomic E-state index is 0.787. The van der Waals surface area contributed by atoms with Gasteiger partial charge in [-0.3, -0.25) is 0 Å². The SMILES string of the molecule is CSC1=C(SC)SC(=CC=C2SC3=C(SCSC4=C(SCS3)SC(=CC=C3SC5=C(SCSC6=C(SCS5)SC(=CC=C5SC(CS)=C(CS)S5)S6)S3)S4)S2)S1. The zero-order valence-electron chi connectivity index (χ0n) is 28.6. The lowest BCUT2D eigenvalue weighted by atomic mass is 10.6. The molecular weight excluding hydrogens is 1150 g/mol. The van der Waals surface area contributed by atoms with Crippen molar-refractivity contribution in [3.63, 3.8) is 0 Å². The van der Waals surface area contributed by atoms with E-state index in [1.807, 2.05) is 259 Å². The number of hydrogen-bond donors (Lipinski definition) is 2. The van der Waals surface area contributed by atoms with E-state index in [4.69, 9.17) is 0 Å².